The summed E-state index contributed by atoms with van der Waals surface area (Å²) in [6, 6.07) is 7.59. The van der Waals surface area contributed by atoms with Crippen molar-refractivity contribution in [2.45, 2.75) is 18.9 Å². The van der Waals surface area contributed by atoms with E-state index in [1.165, 1.54) is 0 Å². The number of rotatable bonds is 5. The van der Waals surface area contributed by atoms with Crippen LogP contribution >= 0.6 is 0 Å². The Hall–Kier alpha value is -1.83. The molecule has 1 N–H and O–H groups in total. The molecule has 0 bridgehead atoms. The highest BCUT2D eigenvalue weighted by Crippen LogP contribution is 2.28. The summed E-state index contributed by atoms with van der Waals surface area (Å²) in [5, 5.41) is 8.80. The highest BCUT2D eigenvalue weighted by Gasteiger charge is 2.33. The zero-order chi connectivity index (χ0) is 14.4. The molecule has 1 aromatic rings. The molecule has 0 unspecified atom stereocenters. The van der Waals surface area contributed by atoms with E-state index in [0.29, 0.717) is 30.3 Å². The van der Waals surface area contributed by atoms with E-state index in [0.717, 1.165) is 12.8 Å². The molecule has 2 rings (SSSR count). The number of carbonyl (C=O) groups is 1. The van der Waals surface area contributed by atoms with Gasteiger partial charge in [-0.25, -0.2) is 0 Å². The van der Waals surface area contributed by atoms with Gasteiger partial charge < -0.3 is 14.7 Å². The molecule has 106 valence electrons. The summed E-state index contributed by atoms with van der Waals surface area (Å²) in [6.45, 7) is 0.924. The Bertz CT molecular complexity index is 526. The lowest BCUT2D eigenvalue weighted by Gasteiger charge is -2.22. The van der Waals surface area contributed by atoms with Crippen molar-refractivity contribution in [2.75, 3.05) is 26.9 Å². The van der Waals surface area contributed by atoms with Crippen molar-refractivity contribution in [1.29, 1.82) is 0 Å². The largest absolute Gasteiger partial charge is 0.384 e. The lowest BCUT2D eigenvalue weighted by molar-refractivity contribution is 0.0680. The summed E-state index contributed by atoms with van der Waals surface area (Å²) in [7, 11) is 1.64. The molecule has 4 nitrogen and oxygen atoms in total. The van der Waals surface area contributed by atoms with Crippen LogP contribution in [-0.2, 0) is 4.74 Å². The molecule has 1 saturated carbocycles. The van der Waals surface area contributed by atoms with Gasteiger partial charge in [-0.15, -0.1) is 0 Å². The topological polar surface area (TPSA) is 49.8 Å². The van der Waals surface area contributed by atoms with Crippen LogP contribution in [0, 0.1) is 11.8 Å². The van der Waals surface area contributed by atoms with Gasteiger partial charge in [-0.05, 0) is 25.0 Å². The average molecular weight is 273 g/mol. The summed E-state index contributed by atoms with van der Waals surface area (Å²) in [5.41, 5.74) is 1.26. The Morgan fingerprint density at radius 1 is 1.45 bits per heavy atom. The van der Waals surface area contributed by atoms with E-state index < -0.39 is 0 Å². The minimum absolute atomic E-state index is 0.00705. The molecule has 1 amide bonds. The predicted octanol–water partition coefficient (Wildman–Crippen LogP) is 1.28. The van der Waals surface area contributed by atoms with Gasteiger partial charge in [-0.2, -0.15) is 0 Å². The fourth-order valence-corrected chi connectivity index (χ4v) is 2.09. The number of benzene rings is 1. The second-order valence-corrected chi connectivity index (χ2v) is 4.73. The van der Waals surface area contributed by atoms with E-state index in [1.54, 1.807) is 19.2 Å². The normalized spacial score (nSPS) is 13.5. The van der Waals surface area contributed by atoms with Gasteiger partial charge in [-0.3, -0.25) is 4.79 Å². The Balaban J connectivity index is 2.22. The van der Waals surface area contributed by atoms with Gasteiger partial charge in [-0.1, -0.05) is 24.0 Å². The third-order valence-electron chi connectivity index (χ3n) is 3.24. The lowest BCUT2D eigenvalue weighted by Crippen LogP contribution is -2.36. The monoisotopic (exact) mass is 273 g/mol. The van der Waals surface area contributed by atoms with Gasteiger partial charge in [0, 0.05) is 25.3 Å². The molecular weight excluding hydrogens is 254 g/mol. The van der Waals surface area contributed by atoms with Crippen molar-refractivity contribution in [3.8, 4) is 11.8 Å². The first-order valence-corrected chi connectivity index (χ1v) is 6.76. The van der Waals surface area contributed by atoms with Gasteiger partial charge in [0.25, 0.3) is 5.91 Å². The molecule has 1 aliphatic carbocycles. The van der Waals surface area contributed by atoms with Crippen molar-refractivity contribution in [2.24, 2.45) is 0 Å². The van der Waals surface area contributed by atoms with E-state index in [2.05, 4.69) is 11.8 Å². The Morgan fingerprint density at radius 3 is 2.85 bits per heavy atom. The number of amides is 1. The van der Waals surface area contributed by atoms with E-state index in [9.17, 15) is 4.79 Å². The third-order valence-corrected chi connectivity index (χ3v) is 3.24. The number of aliphatic hydroxyl groups is 1. The first-order chi connectivity index (χ1) is 9.77. The van der Waals surface area contributed by atoms with Crippen LogP contribution in [0.25, 0.3) is 0 Å². The van der Waals surface area contributed by atoms with Crippen LogP contribution in [0.3, 0.4) is 0 Å². The zero-order valence-corrected chi connectivity index (χ0v) is 11.6. The van der Waals surface area contributed by atoms with Gasteiger partial charge in [0.15, 0.2) is 0 Å². The van der Waals surface area contributed by atoms with Crippen molar-refractivity contribution in [3.05, 3.63) is 35.4 Å². The van der Waals surface area contributed by atoms with Gasteiger partial charge in [0.1, 0.15) is 6.61 Å². The standard InChI is InChI=1S/C16H19NO3/c1-20-12-10-17(14-8-9-14)16(19)15-7-3-2-5-13(15)6-4-11-18/h2-3,5,7,14,18H,8-12H2,1H3. The molecule has 0 aromatic heterocycles. The first kappa shape index (κ1) is 14.6. The first-order valence-electron chi connectivity index (χ1n) is 6.76. The molecule has 0 radical (unpaired) electrons. The summed E-state index contributed by atoms with van der Waals surface area (Å²) in [6.07, 6.45) is 2.11. The van der Waals surface area contributed by atoms with Crippen LogP contribution in [0.15, 0.2) is 24.3 Å². The highest BCUT2D eigenvalue weighted by atomic mass is 16.5. The summed E-state index contributed by atoms with van der Waals surface area (Å²) in [4.78, 5) is 14.5. The van der Waals surface area contributed by atoms with Gasteiger partial charge in [0.05, 0.1) is 12.2 Å². The van der Waals surface area contributed by atoms with Crippen molar-refractivity contribution < 1.29 is 14.6 Å². The van der Waals surface area contributed by atoms with Gasteiger partial charge in [0.2, 0.25) is 0 Å². The summed E-state index contributed by atoms with van der Waals surface area (Å²) >= 11 is 0. The molecular formula is C16H19NO3. The minimum Gasteiger partial charge on any atom is -0.384 e. The number of aliphatic hydroxyl groups excluding tert-OH is 1. The summed E-state index contributed by atoms with van der Waals surface area (Å²) < 4.78 is 5.08. The summed E-state index contributed by atoms with van der Waals surface area (Å²) in [5.74, 6) is 5.43. The fraction of sp³-hybridized carbons (Fsp3) is 0.438. The fourth-order valence-electron chi connectivity index (χ4n) is 2.09. The van der Waals surface area contributed by atoms with Crippen LogP contribution in [0.1, 0.15) is 28.8 Å². The van der Waals surface area contributed by atoms with E-state index in [1.807, 2.05) is 17.0 Å². The number of ether oxygens (including phenoxy) is 1. The molecule has 1 aliphatic rings. The van der Waals surface area contributed by atoms with Crippen LogP contribution in [0.2, 0.25) is 0 Å². The second kappa shape index (κ2) is 7.09. The van der Waals surface area contributed by atoms with Crippen LogP contribution in [0.4, 0.5) is 0 Å². The molecule has 4 heteroatoms. The Kier molecular flexibility index (Phi) is 5.16. The maximum Gasteiger partial charge on any atom is 0.255 e. The van der Waals surface area contributed by atoms with Crippen molar-refractivity contribution >= 4 is 5.91 Å². The van der Waals surface area contributed by atoms with E-state index >= 15 is 0 Å². The molecule has 0 heterocycles. The number of methoxy groups -OCH3 is 1. The second-order valence-electron chi connectivity index (χ2n) is 4.73. The molecule has 1 fully saturated rings. The molecule has 0 atom stereocenters. The number of hydrogen-bond acceptors (Lipinski definition) is 3. The molecule has 0 spiro atoms. The van der Waals surface area contributed by atoms with E-state index in [4.69, 9.17) is 9.84 Å². The quantitative estimate of drug-likeness (QED) is 0.822. The van der Waals surface area contributed by atoms with Crippen LogP contribution in [-0.4, -0.2) is 48.8 Å². The minimum atomic E-state index is -0.210. The van der Waals surface area contributed by atoms with Gasteiger partial charge >= 0.3 is 0 Å². The highest BCUT2D eigenvalue weighted by molar-refractivity contribution is 5.97. The number of carbonyl (C=O) groups excluding carboxylic acids is 1. The third kappa shape index (κ3) is 3.60. The molecule has 0 saturated heterocycles. The Morgan fingerprint density at radius 2 is 2.20 bits per heavy atom. The maximum atomic E-state index is 12.7. The lowest BCUT2D eigenvalue weighted by atomic mass is 10.1. The molecule has 20 heavy (non-hydrogen) atoms. The maximum absolute atomic E-state index is 12.7. The smallest absolute Gasteiger partial charge is 0.255 e. The number of hydrogen-bond donors (Lipinski definition) is 1. The number of nitrogens with zero attached hydrogens (tertiary/aromatic N) is 1. The van der Waals surface area contributed by atoms with E-state index in [-0.39, 0.29) is 12.5 Å². The Labute approximate surface area is 119 Å². The van der Waals surface area contributed by atoms with Crippen molar-refractivity contribution in [1.82, 2.24) is 4.90 Å². The zero-order valence-electron chi connectivity index (χ0n) is 11.6. The van der Waals surface area contributed by atoms with Crippen LogP contribution < -0.4 is 0 Å². The SMILES string of the molecule is COCCN(C(=O)c1ccccc1C#CCO)C1CC1. The molecule has 0 aliphatic heterocycles. The molecule has 1 aromatic carbocycles. The average Bonchev–Trinajstić information content (AvgIpc) is 3.30. The predicted molar refractivity (Wildman–Crippen MR) is 76.3 cm³/mol. The van der Waals surface area contributed by atoms with Crippen molar-refractivity contribution in [3.63, 3.8) is 0 Å². The van der Waals surface area contributed by atoms with Crippen LogP contribution in [0.5, 0.6) is 0 Å².